The molecule has 1 atom stereocenters. The van der Waals surface area contributed by atoms with Gasteiger partial charge in [0, 0.05) is 11.1 Å². The van der Waals surface area contributed by atoms with Crippen LogP contribution < -0.4 is 5.32 Å². The summed E-state index contributed by atoms with van der Waals surface area (Å²) in [6.45, 7) is 9.53. The van der Waals surface area contributed by atoms with E-state index >= 15 is 0 Å². The topological polar surface area (TPSA) is 12.0 Å². The summed E-state index contributed by atoms with van der Waals surface area (Å²) in [5.41, 5.74) is 0.753. The van der Waals surface area contributed by atoms with Gasteiger partial charge in [0.1, 0.15) is 5.82 Å². The fourth-order valence-corrected chi connectivity index (χ4v) is 2.06. The molecule has 0 aromatic heterocycles. The largest absolute Gasteiger partial charge is 0.314 e. The maximum Gasteiger partial charge on any atom is 0.127 e. The first-order valence-corrected chi connectivity index (χ1v) is 6.95. The van der Waals surface area contributed by atoms with E-state index in [-0.39, 0.29) is 5.82 Å². The summed E-state index contributed by atoms with van der Waals surface area (Å²) in [5, 5.41) is 3.89. The van der Waals surface area contributed by atoms with Crippen molar-refractivity contribution in [2.45, 2.75) is 40.2 Å². The highest BCUT2D eigenvalue weighted by molar-refractivity contribution is 6.30. The maximum atomic E-state index is 13.8. The van der Waals surface area contributed by atoms with Crippen molar-refractivity contribution in [2.24, 2.45) is 11.8 Å². The first kappa shape index (κ1) is 15.5. The second-order valence-electron chi connectivity index (χ2n) is 5.51. The summed E-state index contributed by atoms with van der Waals surface area (Å²) >= 11 is 5.77. The summed E-state index contributed by atoms with van der Waals surface area (Å²) in [5.74, 6) is 0.757. The highest BCUT2D eigenvalue weighted by Gasteiger charge is 2.16. The normalized spacial score (nSPS) is 13.3. The van der Waals surface area contributed by atoms with Crippen molar-refractivity contribution < 1.29 is 4.39 Å². The molecule has 0 bridgehead atoms. The van der Waals surface area contributed by atoms with E-state index in [0.29, 0.717) is 22.9 Å². The third-order valence-electron chi connectivity index (χ3n) is 3.23. The summed E-state index contributed by atoms with van der Waals surface area (Å²) in [6.07, 6.45) is 0.750. The highest BCUT2D eigenvalue weighted by Crippen LogP contribution is 2.21. The van der Waals surface area contributed by atoms with Gasteiger partial charge in [0.25, 0.3) is 0 Å². The van der Waals surface area contributed by atoms with Gasteiger partial charge in [0.05, 0.1) is 0 Å². The van der Waals surface area contributed by atoms with Gasteiger partial charge in [-0.1, -0.05) is 45.4 Å². The van der Waals surface area contributed by atoms with E-state index in [1.165, 1.54) is 6.07 Å². The quantitative estimate of drug-likeness (QED) is 0.814. The minimum atomic E-state index is -0.197. The average molecular weight is 272 g/mol. The van der Waals surface area contributed by atoms with Crippen LogP contribution in [0.5, 0.6) is 0 Å². The third-order valence-corrected chi connectivity index (χ3v) is 3.46. The van der Waals surface area contributed by atoms with Crippen LogP contribution >= 0.6 is 11.6 Å². The summed E-state index contributed by atoms with van der Waals surface area (Å²) in [6, 6.07) is 5.40. The molecule has 0 spiro atoms. The molecule has 0 saturated heterocycles. The molecular formula is C15H23ClFN. The SMILES string of the molecule is CC(C)NCC(Cc1ccc(Cl)cc1F)C(C)C. The van der Waals surface area contributed by atoms with Gasteiger partial charge in [-0.2, -0.15) is 0 Å². The Morgan fingerprint density at radius 1 is 1.22 bits per heavy atom. The Labute approximate surface area is 115 Å². The molecule has 1 nitrogen and oxygen atoms in total. The molecule has 0 heterocycles. The molecule has 1 aromatic carbocycles. The van der Waals surface area contributed by atoms with Crippen LogP contribution in [0.3, 0.4) is 0 Å². The second-order valence-corrected chi connectivity index (χ2v) is 5.94. The van der Waals surface area contributed by atoms with Gasteiger partial charge in [-0.25, -0.2) is 4.39 Å². The first-order chi connectivity index (χ1) is 8.40. The molecule has 0 radical (unpaired) electrons. The van der Waals surface area contributed by atoms with Gasteiger partial charge in [0.2, 0.25) is 0 Å². The van der Waals surface area contributed by atoms with Gasteiger partial charge in [-0.15, -0.1) is 0 Å². The van der Waals surface area contributed by atoms with E-state index in [1.54, 1.807) is 12.1 Å². The van der Waals surface area contributed by atoms with E-state index < -0.39 is 0 Å². The summed E-state index contributed by atoms with van der Waals surface area (Å²) in [4.78, 5) is 0. The summed E-state index contributed by atoms with van der Waals surface area (Å²) in [7, 11) is 0. The second kappa shape index (κ2) is 7.10. The number of nitrogens with one attached hydrogen (secondary N) is 1. The van der Waals surface area contributed by atoms with Gasteiger partial charge in [-0.3, -0.25) is 0 Å². The molecule has 0 saturated carbocycles. The van der Waals surface area contributed by atoms with E-state index in [9.17, 15) is 4.39 Å². The van der Waals surface area contributed by atoms with Crippen molar-refractivity contribution in [3.05, 3.63) is 34.6 Å². The molecule has 3 heteroatoms. The highest BCUT2D eigenvalue weighted by atomic mass is 35.5. The molecule has 18 heavy (non-hydrogen) atoms. The Balaban J connectivity index is 2.70. The van der Waals surface area contributed by atoms with Crippen LogP contribution in [-0.2, 0) is 6.42 Å². The van der Waals surface area contributed by atoms with Crippen LogP contribution in [0, 0.1) is 17.7 Å². The molecule has 0 aliphatic carbocycles. The van der Waals surface area contributed by atoms with Crippen molar-refractivity contribution >= 4 is 11.6 Å². The lowest BCUT2D eigenvalue weighted by Crippen LogP contribution is -2.32. The number of hydrogen-bond donors (Lipinski definition) is 1. The minimum absolute atomic E-state index is 0.197. The van der Waals surface area contributed by atoms with Crippen molar-refractivity contribution in [3.8, 4) is 0 Å². The van der Waals surface area contributed by atoms with E-state index in [0.717, 1.165) is 18.5 Å². The number of benzene rings is 1. The average Bonchev–Trinajstić information content (AvgIpc) is 2.26. The number of rotatable bonds is 6. The fourth-order valence-electron chi connectivity index (χ4n) is 1.90. The Morgan fingerprint density at radius 3 is 2.39 bits per heavy atom. The molecule has 0 amide bonds. The van der Waals surface area contributed by atoms with Crippen molar-refractivity contribution in [1.29, 1.82) is 0 Å². The van der Waals surface area contributed by atoms with Crippen LogP contribution in [-0.4, -0.2) is 12.6 Å². The van der Waals surface area contributed by atoms with Gasteiger partial charge < -0.3 is 5.32 Å². The van der Waals surface area contributed by atoms with Gasteiger partial charge >= 0.3 is 0 Å². The van der Waals surface area contributed by atoms with E-state index in [4.69, 9.17) is 11.6 Å². The first-order valence-electron chi connectivity index (χ1n) is 6.57. The van der Waals surface area contributed by atoms with Crippen LogP contribution in [0.15, 0.2) is 18.2 Å². The molecule has 102 valence electrons. The zero-order valence-electron chi connectivity index (χ0n) is 11.6. The third kappa shape index (κ3) is 4.95. The minimum Gasteiger partial charge on any atom is -0.314 e. The van der Waals surface area contributed by atoms with Crippen molar-refractivity contribution in [3.63, 3.8) is 0 Å². The smallest absolute Gasteiger partial charge is 0.127 e. The molecule has 1 unspecified atom stereocenters. The zero-order valence-corrected chi connectivity index (χ0v) is 12.4. The lowest BCUT2D eigenvalue weighted by molar-refractivity contribution is 0.345. The lowest BCUT2D eigenvalue weighted by atomic mass is 9.89. The molecule has 1 N–H and O–H groups in total. The van der Waals surface area contributed by atoms with E-state index in [2.05, 4.69) is 33.0 Å². The Bertz CT molecular complexity index is 377. The Hall–Kier alpha value is -0.600. The molecular weight excluding hydrogens is 249 g/mol. The van der Waals surface area contributed by atoms with E-state index in [1.807, 2.05) is 0 Å². The number of halogens is 2. The molecule has 1 rings (SSSR count). The lowest BCUT2D eigenvalue weighted by Gasteiger charge is -2.23. The van der Waals surface area contributed by atoms with Crippen LogP contribution in [0.25, 0.3) is 0 Å². The molecule has 0 fully saturated rings. The predicted octanol–water partition coefficient (Wildman–Crippen LogP) is 4.29. The Kier molecular flexibility index (Phi) is 6.10. The molecule has 0 aliphatic rings. The fraction of sp³-hybridized carbons (Fsp3) is 0.600. The molecule has 1 aromatic rings. The van der Waals surface area contributed by atoms with Gasteiger partial charge in [-0.05, 0) is 42.5 Å². The summed E-state index contributed by atoms with van der Waals surface area (Å²) < 4.78 is 13.8. The standard InChI is InChI=1S/C15H23ClFN/c1-10(2)13(9-18-11(3)4)7-12-5-6-14(16)8-15(12)17/h5-6,8,10-11,13,18H,7,9H2,1-4H3. The Morgan fingerprint density at radius 2 is 1.89 bits per heavy atom. The van der Waals surface area contributed by atoms with Crippen molar-refractivity contribution in [2.75, 3.05) is 6.54 Å². The number of hydrogen-bond acceptors (Lipinski definition) is 1. The maximum absolute atomic E-state index is 13.8. The van der Waals surface area contributed by atoms with Crippen LogP contribution in [0.1, 0.15) is 33.3 Å². The monoisotopic (exact) mass is 271 g/mol. The van der Waals surface area contributed by atoms with Gasteiger partial charge in [0.15, 0.2) is 0 Å². The zero-order chi connectivity index (χ0) is 13.7. The van der Waals surface area contributed by atoms with Crippen molar-refractivity contribution in [1.82, 2.24) is 5.32 Å². The molecule has 0 aliphatic heterocycles. The van der Waals surface area contributed by atoms with Crippen LogP contribution in [0.4, 0.5) is 4.39 Å². The van der Waals surface area contributed by atoms with Crippen LogP contribution in [0.2, 0.25) is 5.02 Å². The predicted molar refractivity (Wildman–Crippen MR) is 76.6 cm³/mol.